The number of carbonyl (C=O) groups is 1. The molecule has 0 amide bonds. The van der Waals surface area contributed by atoms with Crippen molar-refractivity contribution in [3.05, 3.63) is 59.4 Å². The summed E-state index contributed by atoms with van der Waals surface area (Å²) < 4.78 is 18.8. The second-order valence-electron chi connectivity index (χ2n) is 4.56. The molecule has 0 aliphatic carbocycles. The molecule has 0 saturated carbocycles. The molecule has 0 aromatic heterocycles. The number of halogens is 1. The molecule has 0 N–H and O–H groups in total. The van der Waals surface area contributed by atoms with Crippen LogP contribution in [0.3, 0.4) is 0 Å². The van der Waals surface area contributed by atoms with Crippen molar-refractivity contribution < 1.29 is 13.9 Å². The van der Waals surface area contributed by atoms with Crippen molar-refractivity contribution in [2.24, 2.45) is 0 Å². The van der Waals surface area contributed by atoms with Crippen LogP contribution in [-0.4, -0.2) is 12.4 Å². The second-order valence-corrected chi connectivity index (χ2v) is 5.61. The first-order valence-electron chi connectivity index (χ1n) is 6.75. The van der Waals surface area contributed by atoms with E-state index < -0.39 is 0 Å². The van der Waals surface area contributed by atoms with Gasteiger partial charge in [0.15, 0.2) is 5.78 Å². The van der Waals surface area contributed by atoms with Gasteiger partial charge in [-0.15, -0.1) is 11.8 Å². The first-order chi connectivity index (χ1) is 10.1. The number of ketones is 1. The summed E-state index contributed by atoms with van der Waals surface area (Å²) in [5.74, 6) is 1.17. The number of benzene rings is 2. The van der Waals surface area contributed by atoms with Crippen LogP contribution < -0.4 is 4.74 Å². The van der Waals surface area contributed by atoms with Gasteiger partial charge in [-0.1, -0.05) is 6.07 Å². The molecule has 0 spiro atoms. The van der Waals surface area contributed by atoms with Crippen molar-refractivity contribution in [1.29, 1.82) is 0 Å². The molecule has 4 heteroatoms. The van der Waals surface area contributed by atoms with Crippen molar-refractivity contribution in [2.75, 3.05) is 6.61 Å². The minimum absolute atomic E-state index is 0.0232. The van der Waals surface area contributed by atoms with Crippen LogP contribution >= 0.6 is 11.8 Å². The Kier molecular flexibility index (Phi) is 5.39. The molecule has 0 bridgehead atoms. The maximum absolute atomic E-state index is 13.2. The van der Waals surface area contributed by atoms with E-state index in [1.165, 1.54) is 23.9 Å². The van der Waals surface area contributed by atoms with Crippen LogP contribution in [0.5, 0.6) is 5.75 Å². The fourth-order valence-electron chi connectivity index (χ4n) is 1.93. The summed E-state index contributed by atoms with van der Waals surface area (Å²) in [5.41, 5.74) is 1.60. The Hall–Kier alpha value is -1.81. The van der Waals surface area contributed by atoms with Crippen molar-refractivity contribution in [2.45, 2.75) is 24.5 Å². The predicted octanol–water partition coefficient (Wildman–Crippen LogP) is 4.72. The van der Waals surface area contributed by atoms with E-state index in [-0.39, 0.29) is 11.6 Å². The third-order valence-corrected chi connectivity index (χ3v) is 4.00. The molecule has 0 unspecified atom stereocenters. The van der Waals surface area contributed by atoms with Gasteiger partial charge in [0, 0.05) is 21.8 Å². The van der Waals surface area contributed by atoms with E-state index in [2.05, 4.69) is 0 Å². The zero-order chi connectivity index (χ0) is 15.2. The highest BCUT2D eigenvalue weighted by atomic mass is 32.2. The number of hydrogen-bond donors (Lipinski definition) is 0. The molecule has 2 aromatic rings. The van der Waals surface area contributed by atoms with Gasteiger partial charge in [0.25, 0.3) is 0 Å². The van der Waals surface area contributed by atoms with Gasteiger partial charge in [-0.3, -0.25) is 4.79 Å². The minimum Gasteiger partial charge on any atom is -0.494 e. The first kappa shape index (κ1) is 15.6. The quantitative estimate of drug-likeness (QED) is 0.570. The Morgan fingerprint density at radius 3 is 2.71 bits per heavy atom. The Labute approximate surface area is 128 Å². The molecule has 0 heterocycles. The summed E-state index contributed by atoms with van der Waals surface area (Å²) in [4.78, 5) is 12.3. The number of carbonyl (C=O) groups excluding carboxylic acids is 1. The summed E-state index contributed by atoms with van der Waals surface area (Å²) in [5, 5.41) is 0. The maximum Gasteiger partial charge on any atom is 0.159 e. The number of hydrogen-bond acceptors (Lipinski definition) is 3. The van der Waals surface area contributed by atoms with Gasteiger partial charge in [-0.25, -0.2) is 4.39 Å². The van der Waals surface area contributed by atoms with Gasteiger partial charge < -0.3 is 4.74 Å². The lowest BCUT2D eigenvalue weighted by Gasteiger charge is -2.11. The summed E-state index contributed by atoms with van der Waals surface area (Å²) in [6, 6.07) is 11.9. The van der Waals surface area contributed by atoms with Crippen LogP contribution in [0.4, 0.5) is 4.39 Å². The summed E-state index contributed by atoms with van der Waals surface area (Å²) in [7, 11) is 0. The Balaban J connectivity index is 2.20. The fourth-order valence-corrected chi connectivity index (χ4v) is 2.84. The van der Waals surface area contributed by atoms with E-state index in [9.17, 15) is 9.18 Å². The molecular formula is C17H17FO2S. The Bertz CT molecular complexity index is 640. The molecule has 0 atom stereocenters. The van der Waals surface area contributed by atoms with Gasteiger partial charge in [0.1, 0.15) is 11.6 Å². The van der Waals surface area contributed by atoms with Crippen molar-refractivity contribution >= 4 is 17.5 Å². The average Bonchev–Trinajstić information content (AvgIpc) is 2.46. The van der Waals surface area contributed by atoms with E-state index in [0.29, 0.717) is 17.9 Å². The summed E-state index contributed by atoms with van der Waals surface area (Å²) in [6.45, 7) is 4.03. The molecule has 0 aliphatic heterocycles. The molecule has 0 radical (unpaired) electrons. The number of Topliss-reactive ketones (excluding diaryl/α,β-unsaturated/α-hetero) is 1. The van der Waals surface area contributed by atoms with Crippen LogP contribution in [0.15, 0.2) is 47.4 Å². The highest BCUT2D eigenvalue weighted by Crippen LogP contribution is 2.29. The van der Waals surface area contributed by atoms with Gasteiger partial charge >= 0.3 is 0 Å². The monoisotopic (exact) mass is 304 g/mol. The molecule has 110 valence electrons. The molecular weight excluding hydrogens is 287 g/mol. The lowest BCUT2D eigenvalue weighted by molar-refractivity contribution is 0.101. The first-order valence-corrected chi connectivity index (χ1v) is 7.73. The molecule has 0 aliphatic rings. The molecule has 0 saturated heterocycles. The molecule has 0 fully saturated rings. The van der Waals surface area contributed by atoms with Gasteiger partial charge in [0.2, 0.25) is 0 Å². The predicted molar refractivity (Wildman–Crippen MR) is 83.6 cm³/mol. The van der Waals surface area contributed by atoms with E-state index >= 15 is 0 Å². The van der Waals surface area contributed by atoms with Crippen molar-refractivity contribution in [3.63, 3.8) is 0 Å². The lowest BCUT2D eigenvalue weighted by Crippen LogP contribution is -1.99. The standard InChI is InChI=1S/C17H17FO2S/c1-3-20-17-8-7-13(12(2)19)9-14(17)11-21-16-6-4-5-15(18)10-16/h4-10H,3,11H2,1-2H3. The van der Waals surface area contributed by atoms with E-state index in [1.807, 2.05) is 25.1 Å². The number of thioether (sulfide) groups is 1. The molecule has 2 nitrogen and oxygen atoms in total. The third-order valence-electron chi connectivity index (χ3n) is 2.96. The average molecular weight is 304 g/mol. The Morgan fingerprint density at radius 2 is 2.05 bits per heavy atom. The maximum atomic E-state index is 13.2. The van der Waals surface area contributed by atoms with Crippen LogP contribution in [0.1, 0.15) is 29.8 Å². The van der Waals surface area contributed by atoms with E-state index in [0.717, 1.165) is 16.2 Å². The molecule has 2 rings (SSSR count). The van der Waals surface area contributed by atoms with E-state index in [1.54, 1.807) is 19.1 Å². The SMILES string of the molecule is CCOc1ccc(C(C)=O)cc1CSc1cccc(F)c1. The van der Waals surface area contributed by atoms with Gasteiger partial charge in [-0.2, -0.15) is 0 Å². The summed E-state index contributed by atoms with van der Waals surface area (Å²) in [6.07, 6.45) is 0. The molecule has 21 heavy (non-hydrogen) atoms. The highest BCUT2D eigenvalue weighted by molar-refractivity contribution is 7.98. The van der Waals surface area contributed by atoms with Crippen LogP contribution in [0.25, 0.3) is 0 Å². The smallest absolute Gasteiger partial charge is 0.159 e. The molecule has 2 aromatic carbocycles. The van der Waals surface area contributed by atoms with E-state index in [4.69, 9.17) is 4.74 Å². The second kappa shape index (κ2) is 7.27. The van der Waals surface area contributed by atoms with Crippen molar-refractivity contribution in [1.82, 2.24) is 0 Å². The summed E-state index contributed by atoms with van der Waals surface area (Å²) >= 11 is 1.52. The normalized spacial score (nSPS) is 10.4. The highest BCUT2D eigenvalue weighted by Gasteiger charge is 2.08. The zero-order valence-electron chi connectivity index (χ0n) is 12.1. The van der Waals surface area contributed by atoms with Gasteiger partial charge in [0.05, 0.1) is 6.61 Å². The van der Waals surface area contributed by atoms with Crippen LogP contribution in [0, 0.1) is 5.82 Å². The fraction of sp³-hybridized carbons (Fsp3) is 0.235. The largest absolute Gasteiger partial charge is 0.494 e. The number of rotatable bonds is 6. The topological polar surface area (TPSA) is 26.3 Å². The lowest BCUT2D eigenvalue weighted by atomic mass is 10.1. The third kappa shape index (κ3) is 4.33. The van der Waals surface area contributed by atoms with Crippen LogP contribution in [-0.2, 0) is 5.75 Å². The van der Waals surface area contributed by atoms with Gasteiger partial charge in [-0.05, 0) is 50.2 Å². The van der Waals surface area contributed by atoms with Crippen molar-refractivity contribution in [3.8, 4) is 5.75 Å². The Morgan fingerprint density at radius 1 is 1.24 bits per heavy atom. The zero-order valence-corrected chi connectivity index (χ0v) is 12.9. The minimum atomic E-state index is -0.248. The van der Waals surface area contributed by atoms with Crippen LogP contribution in [0.2, 0.25) is 0 Å². The number of ether oxygens (including phenoxy) is 1.